The van der Waals surface area contributed by atoms with Crippen molar-refractivity contribution in [2.75, 3.05) is 6.54 Å². The van der Waals surface area contributed by atoms with E-state index >= 15 is 0 Å². The maximum absolute atomic E-state index is 10.1. The second kappa shape index (κ2) is 5.86. The Bertz CT molecular complexity index is 171. The highest BCUT2D eigenvalue weighted by Gasteiger charge is 2.31. The summed E-state index contributed by atoms with van der Waals surface area (Å²) in [6.07, 6.45) is 6.38. The monoisotopic (exact) mass is 213 g/mol. The molecule has 1 saturated carbocycles. The molecule has 2 nitrogen and oxygen atoms in total. The van der Waals surface area contributed by atoms with Crippen molar-refractivity contribution in [1.82, 2.24) is 5.32 Å². The molecule has 2 heteroatoms. The first-order valence-electron chi connectivity index (χ1n) is 6.55. The summed E-state index contributed by atoms with van der Waals surface area (Å²) in [6, 6.07) is 0.644. The van der Waals surface area contributed by atoms with Crippen molar-refractivity contribution < 1.29 is 5.11 Å². The standard InChI is InChI=1S/C13H27NO/c1-4-11(3)10-14-12-6-8-13(15,5-2)9-7-12/h11-12,14-15H,4-10H2,1-3H3. The molecule has 0 aliphatic heterocycles. The minimum atomic E-state index is -0.353. The Morgan fingerprint density at radius 2 is 1.93 bits per heavy atom. The molecule has 0 saturated heterocycles. The fourth-order valence-electron chi connectivity index (χ4n) is 2.23. The summed E-state index contributed by atoms with van der Waals surface area (Å²) in [4.78, 5) is 0. The second-order valence-corrected chi connectivity index (χ2v) is 5.27. The molecular weight excluding hydrogens is 186 g/mol. The lowest BCUT2D eigenvalue weighted by Crippen LogP contribution is -2.42. The number of hydrogen-bond donors (Lipinski definition) is 2. The average Bonchev–Trinajstić information content (AvgIpc) is 2.28. The first-order valence-corrected chi connectivity index (χ1v) is 6.55. The highest BCUT2D eigenvalue weighted by atomic mass is 16.3. The molecule has 0 aromatic rings. The molecule has 1 atom stereocenters. The van der Waals surface area contributed by atoms with Gasteiger partial charge in [-0.1, -0.05) is 27.2 Å². The van der Waals surface area contributed by atoms with E-state index < -0.39 is 0 Å². The first kappa shape index (κ1) is 13.0. The van der Waals surface area contributed by atoms with Gasteiger partial charge in [-0.25, -0.2) is 0 Å². The van der Waals surface area contributed by atoms with Gasteiger partial charge in [0.25, 0.3) is 0 Å². The SMILES string of the molecule is CCC(C)CNC1CCC(O)(CC)CC1. The normalized spacial score (nSPS) is 34.0. The zero-order valence-electron chi connectivity index (χ0n) is 10.6. The van der Waals surface area contributed by atoms with E-state index in [4.69, 9.17) is 0 Å². The highest BCUT2D eigenvalue weighted by Crippen LogP contribution is 2.30. The third kappa shape index (κ3) is 4.12. The zero-order valence-corrected chi connectivity index (χ0v) is 10.6. The molecule has 1 aliphatic rings. The molecule has 2 N–H and O–H groups in total. The summed E-state index contributed by atoms with van der Waals surface area (Å²) in [5.74, 6) is 0.775. The van der Waals surface area contributed by atoms with Crippen molar-refractivity contribution in [2.24, 2.45) is 5.92 Å². The topological polar surface area (TPSA) is 32.3 Å². The van der Waals surface area contributed by atoms with Crippen molar-refractivity contribution in [1.29, 1.82) is 0 Å². The van der Waals surface area contributed by atoms with Crippen molar-refractivity contribution in [3.8, 4) is 0 Å². The lowest BCUT2D eigenvalue weighted by molar-refractivity contribution is -0.00701. The molecule has 0 amide bonds. The van der Waals surface area contributed by atoms with Crippen LogP contribution in [0.15, 0.2) is 0 Å². The van der Waals surface area contributed by atoms with Crippen LogP contribution in [0.2, 0.25) is 0 Å². The molecule has 1 aliphatic carbocycles. The molecule has 15 heavy (non-hydrogen) atoms. The van der Waals surface area contributed by atoms with E-state index in [1.807, 2.05) is 0 Å². The Hall–Kier alpha value is -0.0800. The van der Waals surface area contributed by atoms with Crippen LogP contribution in [0, 0.1) is 5.92 Å². The molecule has 1 rings (SSSR count). The largest absolute Gasteiger partial charge is 0.390 e. The Kier molecular flexibility index (Phi) is 5.07. The van der Waals surface area contributed by atoms with Crippen LogP contribution < -0.4 is 5.32 Å². The molecule has 1 unspecified atom stereocenters. The van der Waals surface area contributed by atoms with Gasteiger partial charge in [0, 0.05) is 6.04 Å². The molecule has 0 heterocycles. The minimum absolute atomic E-state index is 0.353. The summed E-state index contributed by atoms with van der Waals surface area (Å²) in [5, 5.41) is 13.7. The third-order valence-corrected chi connectivity index (χ3v) is 4.03. The van der Waals surface area contributed by atoms with Gasteiger partial charge in [0.05, 0.1) is 5.60 Å². The molecule has 0 aromatic carbocycles. The fourth-order valence-corrected chi connectivity index (χ4v) is 2.23. The quantitative estimate of drug-likeness (QED) is 0.736. The maximum Gasteiger partial charge on any atom is 0.0646 e. The van der Waals surface area contributed by atoms with Gasteiger partial charge in [-0.05, 0) is 44.6 Å². The number of rotatable bonds is 5. The predicted molar refractivity (Wildman–Crippen MR) is 65.0 cm³/mol. The summed E-state index contributed by atoms with van der Waals surface area (Å²) in [5.41, 5.74) is -0.353. The van der Waals surface area contributed by atoms with Crippen LogP contribution in [0.3, 0.4) is 0 Å². The van der Waals surface area contributed by atoms with Crippen LogP contribution in [0.25, 0.3) is 0 Å². The van der Waals surface area contributed by atoms with E-state index in [9.17, 15) is 5.11 Å². The van der Waals surface area contributed by atoms with Gasteiger partial charge in [0.1, 0.15) is 0 Å². The van der Waals surface area contributed by atoms with Gasteiger partial charge >= 0.3 is 0 Å². The van der Waals surface area contributed by atoms with Crippen LogP contribution in [-0.2, 0) is 0 Å². The second-order valence-electron chi connectivity index (χ2n) is 5.27. The summed E-state index contributed by atoms with van der Waals surface area (Å²) in [7, 11) is 0. The van der Waals surface area contributed by atoms with Crippen LogP contribution in [0.5, 0.6) is 0 Å². The van der Waals surface area contributed by atoms with Gasteiger partial charge < -0.3 is 10.4 Å². The summed E-state index contributed by atoms with van der Waals surface area (Å²) < 4.78 is 0. The summed E-state index contributed by atoms with van der Waals surface area (Å²) in [6.45, 7) is 7.75. The number of aliphatic hydroxyl groups is 1. The molecule has 90 valence electrons. The predicted octanol–water partition coefficient (Wildman–Crippen LogP) is 2.71. The van der Waals surface area contributed by atoms with Crippen molar-refractivity contribution in [2.45, 2.75) is 70.9 Å². The van der Waals surface area contributed by atoms with Gasteiger partial charge in [-0.15, -0.1) is 0 Å². The van der Waals surface area contributed by atoms with Crippen molar-refractivity contribution in [3.63, 3.8) is 0 Å². The van der Waals surface area contributed by atoms with E-state index in [0.717, 1.165) is 44.6 Å². The van der Waals surface area contributed by atoms with Gasteiger partial charge in [0.15, 0.2) is 0 Å². The molecule has 0 radical (unpaired) electrons. The first-order chi connectivity index (χ1) is 7.09. The van der Waals surface area contributed by atoms with Crippen LogP contribution in [-0.4, -0.2) is 23.3 Å². The van der Waals surface area contributed by atoms with Crippen molar-refractivity contribution >= 4 is 0 Å². The highest BCUT2D eigenvalue weighted by molar-refractivity contribution is 4.87. The lowest BCUT2D eigenvalue weighted by atomic mass is 9.80. The van der Waals surface area contributed by atoms with Gasteiger partial charge in [0.2, 0.25) is 0 Å². The third-order valence-electron chi connectivity index (χ3n) is 4.03. The van der Waals surface area contributed by atoms with Crippen molar-refractivity contribution in [3.05, 3.63) is 0 Å². The lowest BCUT2D eigenvalue weighted by Gasteiger charge is -2.36. The number of nitrogens with one attached hydrogen (secondary N) is 1. The van der Waals surface area contributed by atoms with Gasteiger partial charge in [-0.2, -0.15) is 0 Å². The molecule has 0 bridgehead atoms. The molecule has 0 aromatic heterocycles. The Balaban J connectivity index is 2.20. The van der Waals surface area contributed by atoms with Gasteiger partial charge in [-0.3, -0.25) is 0 Å². The summed E-state index contributed by atoms with van der Waals surface area (Å²) >= 11 is 0. The van der Waals surface area contributed by atoms with E-state index in [2.05, 4.69) is 26.1 Å². The van der Waals surface area contributed by atoms with Crippen LogP contribution in [0.4, 0.5) is 0 Å². The smallest absolute Gasteiger partial charge is 0.0646 e. The molecule has 1 fully saturated rings. The fraction of sp³-hybridized carbons (Fsp3) is 1.00. The maximum atomic E-state index is 10.1. The van der Waals surface area contributed by atoms with Crippen LogP contribution >= 0.6 is 0 Å². The molecule has 0 spiro atoms. The Labute approximate surface area is 94.5 Å². The average molecular weight is 213 g/mol. The van der Waals surface area contributed by atoms with E-state index in [-0.39, 0.29) is 5.60 Å². The zero-order chi connectivity index (χ0) is 11.3. The van der Waals surface area contributed by atoms with E-state index in [1.165, 1.54) is 6.42 Å². The number of hydrogen-bond acceptors (Lipinski definition) is 2. The van der Waals surface area contributed by atoms with Crippen LogP contribution in [0.1, 0.15) is 59.3 Å². The molecular formula is C13H27NO. The van der Waals surface area contributed by atoms with E-state index in [0.29, 0.717) is 6.04 Å². The Morgan fingerprint density at radius 3 is 2.40 bits per heavy atom. The minimum Gasteiger partial charge on any atom is -0.390 e. The Morgan fingerprint density at radius 1 is 1.33 bits per heavy atom. The van der Waals surface area contributed by atoms with E-state index in [1.54, 1.807) is 0 Å².